The topological polar surface area (TPSA) is 57.5 Å². The number of carboxylic acid groups (broad SMARTS) is 1. The molecule has 2 N–H and O–H groups in total. The average Bonchev–Trinajstić information content (AvgIpc) is 1.61. The molecule has 0 saturated heterocycles. The summed E-state index contributed by atoms with van der Waals surface area (Å²) in [5.74, 6) is -0.923. The van der Waals surface area contributed by atoms with Crippen LogP contribution in [0, 0.1) is 0 Å². The van der Waals surface area contributed by atoms with Gasteiger partial charge in [-0.1, -0.05) is 0 Å². The number of carbonyl (C=O) groups is 1. The van der Waals surface area contributed by atoms with Crippen LogP contribution < -0.4 is 0 Å². The SMILES string of the molecule is CC(O)SCC(=O)O. The van der Waals surface area contributed by atoms with Crippen molar-refractivity contribution in [3.05, 3.63) is 0 Å². The van der Waals surface area contributed by atoms with Crippen molar-refractivity contribution in [3.63, 3.8) is 0 Å². The number of hydrogen-bond acceptors (Lipinski definition) is 3. The van der Waals surface area contributed by atoms with Gasteiger partial charge in [-0.3, -0.25) is 4.79 Å². The summed E-state index contributed by atoms with van der Waals surface area (Å²) >= 11 is 0.995. The molecule has 0 radical (unpaired) electrons. The molecule has 0 aliphatic heterocycles. The minimum atomic E-state index is -0.893. The van der Waals surface area contributed by atoms with Crippen LogP contribution in [0.2, 0.25) is 0 Å². The lowest BCUT2D eigenvalue weighted by Gasteiger charge is -1.97. The highest BCUT2D eigenvalue weighted by atomic mass is 32.2. The third-order valence-corrected chi connectivity index (χ3v) is 1.34. The Hall–Kier alpha value is -0.220. The van der Waals surface area contributed by atoms with Crippen LogP contribution in [-0.4, -0.2) is 27.4 Å². The van der Waals surface area contributed by atoms with Crippen molar-refractivity contribution in [2.24, 2.45) is 0 Å². The summed E-state index contributed by atoms with van der Waals surface area (Å²) in [5.41, 5.74) is -0.578. The Bertz CT molecular complexity index is 81.4. The van der Waals surface area contributed by atoms with Crippen molar-refractivity contribution in [2.75, 3.05) is 5.75 Å². The van der Waals surface area contributed by atoms with E-state index in [1.54, 1.807) is 0 Å². The van der Waals surface area contributed by atoms with Gasteiger partial charge in [0.15, 0.2) is 0 Å². The van der Waals surface area contributed by atoms with Crippen LogP contribution in [0.15, 0.2) is 0 Å². The van der Waals surface area contributed by atoms with Crippen LogP contribution in [0.1, 0.15) is 6.92 Å². The number of aliphatic hydroxyl groups excluding tert-OH is 1. The molecule has 1 unspecified atom stereocenters. The number of aliphatic carboxylic acids is 1. The summed E-state index contributed by atoms with van der Waals surface area (Å²) in [6.07, 6.45) is 0. The Morgan fingerprint density at radius 2 is 2.38 bits per heavy atom. The van der Waals surface area contributed by atoms with Crippen LogP contribution in [0.5, 0.6) is 0 Å². The monoisotopic (exact) mass is 136 g/mol. The first-order valence-electron chi connectivity index (χ1n) is 2.14. The summed E-state index contributed by atoms with van der Waals surface area (Å²) in [7, 11) is 0. The first-order valence-corrected chi connectivity index (χ1v) is 3.19. The fraction of sp³-hybridized carbons (Fsp3) is 0.750. The molecule has 3 nitrogen and oxygen atoms in total. The van der Waals surface area contributed by atoms with Crippen LogP contribution in [-0.2, 0) is 4.79 Å². The second-order valence-corrected chi connectivity index (χ2v) is 2.61. The molecule has 0 spiro atoms. The first kappa shape index (κ1) is 7.78. The van der Waals surface area contributed by atoms with Gasteiger partial charge in [0.1, 0.15) is 0 Å². The molecule has 4 heteroatoms. The normalized spacial score (nSPS) is 13.2. The fourth-order valence-electron chi connectivity index (χ4n) is 0.192. The molecule has 0 aromatic heterocycles. The number of carboxylic acids is 1. The number of aliphatic hydroxyl groups is 1. The molecule has 0 saturated carbocycles. The van der Waals surface area contributed by atoms with E-state index in [9.17, 15) is 4.79 Å². The van der Waals surface area contributed by atoms with Crippen LogP contribution in [0.25, 0.3) is 0 Å². The molecule has 1 atom stereocenters. The third-order valence-electron chi connectivity index (χ3n) is 0.448. The van der Waals surface area contributed by atoms with E-state index in [0.717, 1.165) is 11.8 Å². The lowest BCUT2D eigenvalue weighted by molar-refractivity contribution is -0.133. The molecule has 0 aromatic rings. The molecule has 0 aliphatic carbocycles. The zero-order valence-corrected chi connectivity index (χ0v) is 5.31. The van der Waals surface area contributed by atoms with Crippen molar-refractivity contribution >= 4 is 17.7 Å². The molecular weight excluding hydrogens is 128 g/mol. The van der Waals surface area contributed by atoms with E-state index in [1.165, 1.54) is 6.92 Å². The lowest BCUT2D eigenvalue weighted by atomic mass is 10.8. The minimum Gasteiger partial charge on any atom is -0.481 e. The highest BCUT2D eigenvalue weighted by Gasteiger charge is 1.99. The van der Waals surface area contributed by atoms with E-state index >= 15 is 0 Å². The van der Waals surface area contributed by atoms with Gasteiger partial charge in [0.05, 0.1) is 11.2 Å². The third kappa shape index (κ3) is 5.78. The standard InChI is InChI=1S/C4H8O3S/c1-3(5)8-2-4(6)7/h3,5H,2H2,1H3,(H,6,7). The van der Waals surface area contributed by atoms with E-state index in [1.807, 2.05) is 0 Å². The van der Waals surface area contributed by atoms with Crippen LogP contribution in [0.4, 0.5) is 0 Å². The summed E-state index contributed by atoms with van der Waals surface area (Å²) < 4.78 is 0. The van der Waals surface area contributed by atoms with E-state index in [4.69, 9.17) is 10.2 Å². The predicted molar refractivity (Wildman–Crippen MR) is 31.8 cm³/mol. The maximum absolute atomic E-state index is 9.77. The first-order chi connectivity index (χ1) is 3.63. The lowest BCUT2D eigenvalue weighted by Crippen LogP contribution is -2.02. The van der Waals surface area contributed by atoms with E-state index in [0.29, 0.717) is 0 Å². The molecule has 0 aromatic carbocycles. The largest absolute Gasteiger partial charge is 0.481 e. The van der Waals surface area contributed by atoms with Gasteiger partial charge in [0.25, 0.3) is 0 Å². The second kappa shape index (κ2) is 3.74. The quantitative estimate of drug-likeness (QED) is 0.542. The zero-order valence-electron chi connectivity index (χ0n) is 4.50. The maximum Gasteiger partial charge on any atom is 0.313 e. The molecular formula is C4H8O3S. The zero-order chi connectivity index (χ0) is 6.57. The average molecular weight is 136 g/mol. The molecule has 0 amide bonds. The Morgan fingerprint density at radius 3 is 2.50 bits per heavy atom. The summed E-state index contributed by atoms with van der Waals surface area (Å²) in [6.45, 7) is 1.54. The molecule has 0 heterocycles. The van der Waals surface area contributed by atoms with Crippen molar-refractivity contribution in [3.8, 4) is 0 Å². The molecule has 0 fully saturated rings. The maximum atomic E-state index is 9.77. The van der Waals surface area contributed by atoms with Crippen LogP contribution >= 0.6 is 11.8 Å². The summed E-state index contributed by atoms with van der Waals surface area (Å²) in [4.78, 5) is 9.77. The van der Waals surface area contributed by atoms with E-state index < -0.39 is 11.4 Å². The molecule has 48 valence electrons. The molecule has 0 aliphatic rings. The van der Waals surface area contributed by atoms with Gasteiger partial charge in [-0.05, 0) is 6.92 Å². The summed E-state index contributed by atoms with van der Waals surface area (Å²) in [5, 5.41) is 16.5. The van der Waals surface area contributed by atoms with Gasteiger partial charge in [-0.25, -0.2) is 0 Å². The second-order valence-electron chi connectivity index (χ2n) is 1.30. The molecule has 8 heavy (non-hydrogen) atoms. The highest BCUT2D eigenvalue weighted by molar-refractivity contribution is 8.00. The van der Waals surface area contributed by atoms with E-state index in [2.05, 4.69) is 0 Å². The number of rotatable bonds is 3. The molecule has 0 bridgehead atoms. The number of hydrogen-bond donors (Lipinski definition) is 2. The highest BCUT2D eigenvalue weighted by Crippen LogP contribution is 2.04. The van der Waals surface area contributed by atoms with Gasteiger partial charge in [-0.15, -0.1) is 11.8 Å². The smallest absolute Gasteiger partial charge is 0.313 e. The van der Waals surface area contributed by atoms with Crippen molar-refractivity contribution in [1.29, 1.82) is 0 Å². The van der Waals surface area contributed by atoms with Gasteiger partial charge >= 0.3 is 5.97 Å². The Kier molecular flexibility index (Phi) is 3.64. The van der Waals surface area contributed by atoms with Gasteiger partial charge in [0.2, 0.25) is 0 Å². The van der Waals surface area contributed by atoms with Crippen molar-refractivity contribution in [2.45, 2.75) is 12.4 Å². The number of thioether (sulfide) groups is 1. The van der Waals surface area contributed by atoms with Gasteiger partial charge < -0.3 is 10.2 Å². The Labute approximate surface area is 51.7 Å². The van der Waals surface area contributed by atoms with Crippen molar-refractivity contribution < 1.29 is 15.0 Å². The van der Waals surface area contributed by atoms with Gasteiger partial charge in [-0.2, -0.15) is 0 Å². The van der Waals surface area contributed by atoms with Crippen molar-refractivity contribution in [1.82, 2.24) is 0 Å². The Morgan fingerprint density at radius 1 is 1.88 bits per heavy atom. The fourth-order valence-corrected chi connectivity index (χ4v) is 0.576. The predicted octanol–water partition coefficient (Wildman–Crippen LogP) is 0.142. The summed E-state index contributed by atoms with van der Waals surface area (Å²) in [6, 6.07) is 0. The Balaban J connectivity index is 3.05. The van der Waals surface area contributed by atoms with E-state index in [-0.39, 0.29) is 5.75 Å². The minimum absolute atomic E-state index is 0.0301. The van der Waals surface area contributed by atoms with Gasteiger partial charge in [0, 0.05) is 0 Å². The van der Waals surface area contributed by atoms with Crippen LogP contribution in [0.3, 0.4) is 0 Å². The molecule has 0 rings (SSSR count).